The molecule has 0 bridgehead atoms. The van der Waals surface area contributed by atoms with E-state index in [0.717, 1.165) is 27.9 Å². The summed E-state index contributed by atoms with van der Waals surface area (Å²) in [6.07, 6.45) is 3.32. The molecule has 1 heterocycles. The molecule has 2 rings (SSSR count). The van der Waals surface area contributed by atoms with E-state index in [9.17, 15) is 10.1 Å². The van der Waals surface area contributed by atoms with Gasteiger partial charge in [-0.25, -0.2) is 0 Å². The molecule has 2 aromatic rings. The molecular weight excluding hydrogens is 286 g/mol. The second-order valence-electron chi connectivity index (χ2n) is 5.49. The monoisotopic (exact) mass is 305 g/mol. The van der Waals surface area contributed by atoms with Crippen LogP contribution in [0, 0.1) is 32.1 Å². The Hall–Kier alpha value is -2.93. The van der Waals surface area contributed by atoms with E-state index >= 15 is 0 Å². The maximum atomic E-state index is 12.2. The third-order valence-electron chi connectivity index (χ3n) is 3.55. The number of nitrogens with zero attached hydrogens (tertiary/aromatic N) is 2. The zero-order valence-electron chi connectivity index (χ0n) is 13.6. The van der Waals surface area contributed by atoms with Crippen LogP contribution < -0.4 is 5.32 Å². The number of amides is 1. The summed E-state index contributed by atoms with van der Waals surface area (Å²) in [7, 11) is 0. The number of benzene rings is 1. The molecule has 0 aliphatic heterocycles. The molecule has 0 unspecified atom stereocenters. The minimum atomic E-state index is -0.391. The summed E-state index contributed by atoms with van der Waals surface area (Å²) in [5.74, 6) is -0.391. The lowest BCUT2D eigenvalue weighted by molar-refractivity contribution is -0.117. The van der Waals surface area contributed by atoms with E-state index in [-0.39, 0.29) is 5.57 Å². The largest absolute Gasteiger partial charge is 0.346 e. The third-order valence-corrected chi connectivity index (χ3v) is 3.55. The van der Waals surface area contributed by atoms with Crippen molar-refractivity contribution in [3.63, 3.8) is 0 Å². The molecule has 0 radical (unpaired) electrons. The molecule has 0 saturated heterocycles. The van der Waals surface area contributed by atoms with Gasteiger partial charge >= 0.3 is 0 Å². The first-order chi connectivity index (χ1) is 11.0. The first kappa shape index (κ1) is 16.4. The summed E-state index contributed by atoms with van der Waals surface area (Å²) in [6, 6.07) is 11.6. The van der Waals surface area contributed by atoms with E-state index in [2.05, 4.69) is 10.3 Å². The van der Waals surface area contributed by atoms with Crippen LogP contribution in [0.4, 0.5) is 0 Å². The molecule has 0 atom stereocenters. The van der Waals surface area contributed by atoms with E-state index in [4.69, 9.17) is 0 Å². The Kier molecular flexibility index (Phi) is 5.27. The topological polar surface area (TPSA) is 65.8 Å². The van der Waals surface area contributed by atoms with Gasteiger partial charge in [-0.15, -0.1) is 0 Å². The summed E-state index contributed by atoms with van der Waals surface area (Å²) in [6.45, 7) is 6.28. The second kappa shape index (κ2) is 7.37. The summed E-state index contributed by atoms with van der Waals surface area (Å²) in [5.41, 5.74) is 5.02. The van der Waals surface area contributed by atoms with Gasteiger partial charge in [0.1, 0.15) is 11.6 Å². The first-order valence-corrected chi connectivity index (χ1v) is 7.39. The van der Waals surface area contributed by atoms with Crippen molar-refractivity contribution in [2.45, 2.75) is 27.3 Å². The van der Waals surface area contributed by atoms with Crippen LogP contribution in [0.3, 0.4) is 0 Å². The van der Waals surface area contributed by atoms with Crippen LogP contribution in [-0.2, 0) is 11.3 Å². The van der Waals surface area contributed by atoms with Crippen molar-refractivity contribution >= 4 is 12.0 Å². The van der Waals surface area contributed by atoms with Crippen molar-refractivity contribution in [2.75, 3.05) is 0 Å². The number of nitriles is 1. The molecular formula is C19H19N3O. The molecule has 1 aromatic carbocycles. The van der Waals surface area contributed by atoms with Crippen LogP contribution in [-0.4, -0.2) is 10.9 Å². The average molecular weight is 305 g/mol. The van der Waals surface area contributed by atoms with Crippen LogP contribution in [0.2, 0.25) is 0 Å². The predicted octanol–water partition coefficient (Wildman–Crippen LogP) is 3.23. The lowest BCUT2D eigenvalue weighted by Gasteiger charge is -2.08. The highest BCUT2D eigenvalue weighted by atomic mass is 16.1. The van der Waals surface area contributed by atoms with Gasteiger partial charge in [-0.1, -0.05) is 23.8 Å². The number of pyridine rings is 1. The van der Waals surface area contributed by atoms with E-state index in [1.54, 1.807) is 12.3 Å². The summed E-state index contributed by atoms with van der Waals surface area (Å²) in [4.78, 5) is 16.4. The molecule has 1 aromatic heterocycles. The van der Waals surface area contributed by atoms with E-state index < -0.39 is 5.91 Å². The van der Waals surface area contributed by atoms with Crippen LogP contribution in [0.5, 0.6) is 0 Å². The van der Waals surface area contributed by atoms with E-state index in [1.807, 2.05) is 57.2 Å². The quantitative estimate of drug-likeness (QED) is 0.696. The summed E-state index contributed by atoms with van der Waals surface area (Å²) >= 11 is 0. The Balaban J connectivity index is 2.19. The molecule has 23 heavy (non-hydrogen) atoms. The highest BCUT2D eigenvalue weighted by Gasteiger charge is 2.11. The Morgan fingerprint density at radius 2 is 1.96 bits per heavy atom. The number of hydrogen-bond donors (Lipinski definition) is 1. The summed E-state index contributed by atoms with van der Waals surface area (Å²) < 4.78 is 0. The zero-order chi connectivity index (χ0) is 16.8. The number of carbonyl (C=O) groups excluding carboxylic acids is 1. The fourth-order valence-corrected chi connectivity index (χ4v) is 2.48. The molecule has 1 amide bonds. The van der Waals surface area contributed by atoms with Crippen LogP contribution >= 0.6 is 0 Å². The fraction of sp³-hybridized carbons (Fsp3) is 0.211. The van der Waals surface area contributed by atoms with Gasteiger partial charge in [0.2, 0.25) is 0 Å². The van der Waals surface area contributed by atoms with Gasteiger partial charge in [-0.05, 0) is 55.7 Å². The van der Waals surface area contributed by atoms with Crippen molar-refractivity contribution in [3.05, 3.63) is 70.0 Å². The smallest absolute Gasteiger partial charge is 0.262 e. The van der Waals surface area contributed by atoms with Gasteiger partial charge in [0.05, 0.1) is 12.2 Å². The van der Waals surface area contributed by atoms with Crippen molar-refractivity contribution in [1.29, 1.82) is 5.26 Å². The van der Waals surface area contributed by atoms with Crippen LogP contribution in [0.1, 0.15) is 27.9 Å². The van der Waals surface area contributed by atoms with Gasteiger partial charge in [-0.3, -0.25) is 9.78 Å². The number of carbonyl (C=O) groups is 1. The molecule has 0 saturated carbocycles. The van der Waals surface area contributed by atoms with E-state index in [0.29, 0.717) is 6.54 Å². The molecule has 0 aliphatic rings. The predicted molar refractivity (Wildman–Crippen MR) is 90.3 cm³/mol. The van der Waals surface area contributed by atoms with Crippen LogP contribution in [0.25, 0.3) is 6.08 Å². The normalized spacial score (nSPS) is 11.0. The number of hydrogen-bond acceptors (Lipinski definition) is 3. The molecule has 0 aliphatic carbocycles. The van der Waals surface area contributed by atoms with Crippen molar-refractivity contribution in [2.24, 2.45) is 0 Å². The Morgan fingerprint density at radius 3 is 2.52 bits per heavy atom. The average Bonchev–Trinajstić information content (AvgIpc) is 2.53. The SMILES string of the molecule is Cc1cc(C)c(/C=C(\C#N)C(=O)NCc2ccccn2)c(C)c1. The third kappa shape index (κ3) is 4.27. The van der Waals surface area contributed by atoms with E-state index in [1.165, 1.54) is 0 Å². The molecule has 116 valence electrons. The maximum Gasteiger partial charge on any atom is 0.262 e. The zero-order valence-corrected chi connectivity index (χ0v) is 13.6. The van der Waals surface area contributed by atoms with Gasteiger partial charge in [0, 0.05) is 6.20 Å². The summed E-state index contributed by atoms with van der Waals surface area (Å²) in [5, 5.41) is 12.0. The minimum absolute atomic E-state index is 0.0935. The highest BCUT2D eigenvalue weighted by molar-refractivity contribution is 6.01. The Bertz CT molecular complexity index is 763. The molecule has 4 heteroatoms. The van der Waals surface area contributed by atoms with Crippen LogP contribution in [0.15, 0.2) is 42.1 Å². The van der Waals surface area contributed by atoms with Crippen molar-refractivity contribution in [3.8, 4) is 6.07 Å². The Morgan fingerprint density at radius 1 is 1.26 bits per heavy atom. The maximum absolute atomic E-state index is 12.2. The lowest BCUT2D eigenvalue weighted by atomic mass is 9.98. The second-order valence-corrected chi connectivity index (χ2v) is 5.49. The van der Waals surface area contributed by atoms with Gasteiger partial charge in [-0.2, -0.15) is 5.26 Å². The van der Waals surface area contributed by atoms with Crippen molar-refractivity contribution in [1.82, 2.24) is 10.3 Å². The van der Waals surface area contributed by atoms with Gasteiger partial charge < -0.3 is 5.32 Å². The molecule has 0 fully saturated rings. The number of rotatable bonds is 4. The number of nitrogens with one attached hydrogen (secondary N) is 1. The lowest BCUT2D eigenvalue weighted by Crippen LogP contribution is -2.24. The minimum Gasteiger partial charge on any atom is -0.346 e. The van der Waals surface area contributed by atoms with Crippen molar-refractivity contribution < 1.29 is 4.79 Å². The van der Waals surface area contributed by atoms with Gasteiger partial charge in [0.25, 0.3) is 5.91 Å². The first-order valence-electron chi connectivity index (χ1n) is 7.39. The molecule has 1 N–H and O–H groups in total. The Labute approximate surface area is 136 Å². The van der Waals surface area contributed by atoms with Gasteiger partial charge in [0.15, 0.2) is 0 Å². The standard InChI is InChI=1S/C19H19N3O/c1-13-8-14(2)18(15(3)9-13)10-16(11-20)19(23)22-12-17-6-4-5-7-21-17/h4-10H,12H2,1-3H3,(H,22,23)/b16-10+. The molecule has 0 spiro atoms. The number of aryl methyl sites for hydroxylation is 3. The highest BCUT2D eigenvalue weighted by Crippen LogP contribution is 2.19. The number of aromatic nitrogens is 1. The fourth-order valence-electron chi connectivity index (χ4n) is 2.48. The molecule has 4 nitrogen and oxygen atoms in total.